The zero-order valence-electron chi connectivity index (χ0n) is 16.7. The van der Waals surface area contributed by atoms with Crippen molar-refractivity contribution < 1.29 is 9.90 Å². The molecule has 0 aliphatic carbocycles. The molecule has 0 saturated heterocycles. The molecule has 3 aromatic rings. The molecule has 8 heteroatoms. The Morgan fingerprint density at radius 1 is 1.20 bits per heavy atom. The number of aromatic hydroxyl groups is 1. The van der Waals surface area contributed by atoms with E-state index >= 15 is 0 Å². The number of rotatable bonds is 4. The second-order valence-corrected chi connectivity index (χ2v) is 6.74. The number of nitrogens with one attached hydrogen (secondary N) is 1. The Kier molecular flexibility index (Phi) is 5.74. The summed E-state index contributed by atoms with van der Waals surface area (Å²) in [6.07, 6.45) is 1.36. The zero-order valence-corrected chi connectivity index (χ0v) is 16.7. The van der Waals surface area contributed by atoms with Crippen LogP contribution in [0, 0.1) is 32.1 Å². The summed E-state index contributed by atoms with van der Waals surface area (Å²) in [6.45, 7) is 5.33. The molecule has 30 heavy (non-hydrogen) atoms. The van der Waals surface area contributed by atoms with Gasteiger partial charge in [0.05, 0.1) is 11.9 Å². The van der Waals surface area contributed by atoms with Crippen molar-refractivity contribution in [2.75, 3.05) is 0 Å². The zero-order chi connectivity index (χ0) is 21.8. The second-order valence-electron chi connectivity index (χ2n) is 6.74. The van der Waals surface area contributed by atoms with E-state index in [0.29, 0.717) is 11.3 Å². The SMILES string of the molecule is Cc1ccc(-n2nc(C(=O)N/N=C/c3cccc(O)c3)c(C)c(C#N)c2=O)cc1C. The van der Waals surface area contributed by atoms with Crippen LogP contribution in [0.25, 0.3) is 5.69 Å². The highest BCUT2D eigenvalue weighted by Gasteiger charge is 2.20. The van der Waals surface area contributed by atoms with Crippen LogP contribution in [0.4, 0.5) is 0 Å². The molecule has 2 aromatic carbocycles. The molecule has 1 amide bonds. The lowest BCUT2D eigenvalue weighted by Gasteiger charge is -2.11. The summed E-state index contributed by atoms with van der Waals surface area (Å²) in [7, 11) is 0. The van der Waals surface area contributed by atoms with Gasteiger partial charge in [0, 0.05) is 5.56 Å². The highest BCUT2D eigenvalue weighted by molar-refractivity contribution is 5.94. The number of hydrogen-bond acceptors (Lipinski definition) is 6. The first kappa shape index (κ1) is 20.5. The third-order valence-corrected chi connectivity index (χ3v) is 4.65. The van der Waals surface area contributed by atoms with Crippen molar-refractivity contribution in [1.82, 2.24) is 15.2 Å². The number of amides is 1. The molecule has 8 nitrogen and oxygen atoms in total. The average molecular weight is 401 g/mol. The number of carbonyl (C=O) groups excluding carboxylic acids is 1. The van der Waals surface area contributed by atoms with E-state index < -0.39 is 11.5 Å². The Balaban J connectivity index is 1.99. The van der Waals surface area contributed by atoms with Gasteiger partial charge >= 0.3 is 0 Å². The van der Waals surface area contributed by atoms with Gasteiger partial charge in [-0.2, -0.15) is 20.1 Å². The van der Waals surface area contributed by atoms with Crippen LogP contribution in [-0.2, 0) is 0 Å². The molecule has 1 aromatic heterocycles. The van der Waals surface area contributed by atoms with Gasteiger partial charge in [-0.3, -0.25) is 9.59 Å². The van der Waals surface area contributed by atoms with Crippen molar-refractivity contribution in [3.05, 3.63) is 86.3 Å². The van der Waals surface area contributed by atoms with Crippen molar-refractivity contribution in [3.8, 4) is 17.5 Å². The van der Waals surface area contributed by atoms with Gasteiger partial charge < -0.3 is 5.11 Å². The minimum atomic E-state index is -0.669. The van der Waals surface area contributed by atoms with E-state index in [4.69, 9.17) is 0 Å². The molecule has 1 heterocycles. The summed E-state index contributed by atoms with van der Waals surface area (Å²) in [4.78, 5) is 25.4. The largest absolute Gasteiger partial charge is 0.508 e. The summed E-state index contributed by atoms with van der Waals surface area (Å²) >= 11 is 0. The van der Waals surface area contributed by atoms with Gasteiger partial charge in [0.2, 0.25) is 0 Å². The first-order valence-electron chi connectivity index (χ1n) is 9.06. The minimum absolute atomic E-state index is 0.0712. The Bertz CT molecular complexity index is 1270. The van der Waals surface area contributed by atoms with Crippen molar-refractivity contribution in [3.63, 3.8) is 0 Å². The maximum Gasteiger partial charge on any atom is 0.292 e. The Morgan fingerprint density at radius 2 is 1.97 bits per heavy atom. The highest BCUT2D eigenvalue weighted by Crippen LogP contribution is 2.14. The fraction of sp³-hybridized carbons (Fsp3) is 0.136. The maximum absolute atomic E-state index is 12.7. The van der Waals surface area contributed by atoms with Gasteiger partial charge in [0.1, 0.15) is 17.4 Å². The predicted molar refractivity (Wildman–Crippen MR) is 112 cm³/mol. The fourth-order valence-electron chi connectivity index (χ4n) is 2.81. The van der Waals surface area contributed by atoms with Crippen LogP contribution in [0.1, 0.15) is 38.3 Å². The van der Waals surface area contributed by atoms with Gasteiger partial charge in [0.25, 0.3) is 11.5 Å². The highest BCUT2D eigenvalue weighted by atomic mass is 16.3. The first-order valence-corrected chi connectivity index (χ1v) is 9.06. The minimum Gasteiger partial charge on any atom is -0.508 e. The number of aromatic nitrogens is 2. The number of carbonyl (C=O) groups is 1. The molecule has 0 fully saturated rings. The number of hydrazone groups is 1. The van der Waals surface area contributed by atoms with Crippen LogP contribution in [0.3, 0.4) is 0 Å². The molecule has 2 N–H and O–H groups in total. The monoisotopic (exact) mass is 401 g/mol. The summed E-state index contributed by atoms with van der Waals surface area (Å²) < 4.78 is 1.05. The molecule has 0 aliphatic rings. The van der Waals surface area contributed by atoms with E-state index in [2.05, 4.69) is 15.6 Å². The van der Waals surface area contributed by atoms with Gasteiger partial charge in [-0.1, -0.05) is 18.2 Å². The van der Waals surface area contributed by atoms with Crippen LogP contribution >= 0.6 is 0 Å². The molecule has 3 rings (SSSR count). The van der Waals surface area contributed by atoms with E-state index in [-0.39, 0.29) is 22.6 Å². The van der Waals surface area contributed by atoms with E-state index in [9.17, 15) is 20.0 Å². The van der Waals surface area contributed by atoms with Crippen molar-refractivity contribution in [2.24, 2.45) is 5.10 Å². The number of nitriles is 1. The number of nitrogens with zero attached hydrogens (tertiary/aromatic N) is 4. The third kappa shape index (κ3) is 4.10. The Morgan fingerprint density at radius 3 is 2.63 bits per heavy atom. The van der Waals surface area contributed by atoms with Crippen molar-refractivity contribution >= 4 is 12.1 Å². The molecule has 0 atom stereocenters. The van der Waals surface area contributed by atoms with Crippen LogP contribution in [0.5, 0.6) is 5.75 Å². The topological polar surface area (TPSA) is 120 Å². The molecule has 0 radical (unpaired) electrons. The van der Waals surface area contributed by atoms with Crippen LogP contribution < -0.4 is 11.0 Å². The van der Waals surface area contributed by atoms with Gasteiger partial charge in [-0.25, -0.2) is 5.43 Å². The fourth-order valence-corrected chi connectivity index (χ4v) is 2.81. The standard InChI is InChI=1S/C22H19N5O3/c1-13-7-8-17(9-14(13)2)27-22(30)19(11-23)15(3)20(26-27)21(29)25-24-12-16-5-4-6-18(28)10-16/h4-10,12,28H,1-3H3,(H,25,29)/b24-12+. The summed E-state index contributed by atoms with van der Waals surface area (Å²) in [5.41, 5.74) is 4.69. The normalized spacial score (nSPS) is 10.7. The van der Waals surface area contributed by atoms with Crippen LogP contribution in [0.15, 0.2) is 52.4 Å². The van der Waals surface area contributed by atoms with E-state index in [1.54, 1.807) is 24.3 Å². The predicted octanol–water partition coefficient (Wildman–Crippen LogP) is 2.50. The van der Waals surface area contributed by atoms with Gasteiger partial charge in [-0.15, -0.1) is 0 Å². The molecular formula is C22H19N5O3. The lowest BCUT2D eigenvalue weighted by Crippen LogP contribution is -2.31. The number of benzene rings is 2. The Hall–Kier alpha value is -4.25. The number of phenolic OH excluding ortho intramolecular Hbond substituents is 1. The molecule has 150 valence electrons. The number of phenols is 1. The van der Waals surface area contributed by atoms with E-state index in [0.717, 1.165) is 15.8 Å². The van der Waals surface area contributed by atoms with Crippen molar-refractivity contribution in [1.29, 1.82) is 5.26 Å². The quantitative estimate of drug-likeness (QED) is 0.514. The van der Waals surface area contributed by atoms with Crippen molar-refractivity contribution in [2.45, 2.75) is 20.8 Å². The number of hydrogen-bond donors (Lipinski definition) is 2. The average Bonchev–Trinajstić information content (AvgIpc) is 2.71. The van der Waals surface area contributed by atoms with E-state index in [1.165, 1.54) is 25.3 Å². The molecule has 0 unspecified atom stereocenters. The lowest BCUT2D eigenvalue weighted by atomic mass is 10.1. The second kappa shape index (κ2) is 8.41. The Labute approximate surface area is 172 Å². The smallest absolute Gasteiger partial charge is 0.292 e. The van der Waals surface area contributed by atoms with Gasteiger partial charge in [0.15, 0.2) is 5.69 Å². The maximum atomic E-state index is 12.7. The summed E-state index contributed by atoms with van der Waals surface area (Å²) in [5, 5.41) is 27.0. The molecule has 0 aliphatic heterocycles. The number of aryl methyl sites for hydroxylation is 2. The molecule has 0 saturated carbocycles. The molecular weight excluding hydrogens is 382 g/mol. The summed E-state index contributed by atoms with van der Waals surface area (Å²) in [5.74, 6) is -0.597. The molecule has 0 spiro atoms. The lowest BCUT2D eigenvalue weighted by molar-refractivity contribution is 0.0947. The van der Waals surface area contributed by atoms with Crippen LogP contribution in [-0.4, -0.2) is 27.0 Å². The van der Waals surface area contributed by atoms with E-state index in [1.807, 2.05) is 26.0 Å². The third-order valence-electron chi connectivity index (χ3n) is 4.65. The van der Waals surface area contributed by atoms with Gasteiger partial charge in [-0.05, 0) is 61.7 Å². The first-order chi connectivity index (χ1) is 14.3. The van der Waals surface area contributed by atoms with Crippen LogP contribution in [0.2, 0.25) is 0 Å². The molecule has 0 bridgehead atoms. The summed E-state index contributed by atoms with van der Waals surface area (Å²) in [6, 6.07) is 13.5.